The number of rotatable bonds is 7. The fourth-order valence-corrected chi connectivity index (χ4v) is 3.42. The Kier molecular flexibility index (Phi) is 6.27. The number of aromatic nitrogens is 4. The summed E-state index contributed by atoms with van der Waals surface area (Å²) in [6.45, 7) is 1.70. The predicted molar refractivity (Wildman–Crippen MR) is 107 cm³/mol. The molecule has 2 amide bonds. The average Bonchev–Trinajstić information content (AvgIpc) is 3.11. The Morgan fingerprint density at radius 2 is 1.96 bits per heavy atom. The third kappa shape index (κ3) is 4.49. The van der Waals surface area contributed by atoms with Crippen LogP contribution in [0.1, 0.15) is 5.56 Å². The number of carbonyl (C=O) groups is 2. The highest BCUT2D eigenvalue weighted by atomic mass is 35.5. The molecule has 0 fully saturated rings. The van der Waals surface area contributed by atoms with E-state index in [1.165, 1.54) is 11.8 Å². The van der Waals surface area contributed by atoms with Crippen molar-refractivity contribution < 1.29 is 9.59 Å². The van der Waals surface area contributed by atoms with Gasteiger partial charge >= 0.3 is 0 Å². The first-order valence-electron chi connectivity index (χ1n) is 8.26. The summed E-state index contributed by atoms with van der Waals surface area (Å²) in [6, 6.07) is 9.21. The molecule has 8 nitrogen and oxygen atoms in total. The molecule has 0 radical (unpaired) electrons. The van der Waals surface area contributed by atoms with Gasteiger partial charge in [0.25, 0.3) is 0 Å². The van der Waals surface area contributed by atoms with Crippen molar-refractivity contribution in [2.45, 2.75) is 12.1 Å². The summed E-state index contributed by atoms with van der Waals surface area (Å²) >= 11 is 7.50. The van der Waals surface area contributed by atoms with Crippen LogP contribution in [0.25, 0.3) is 17.1 Å². The maximum Gasteiger partial charge on any atom is 0.236 e. The Morgan fingerprint density at radius 3 is 2.68 bits per heavy atom. The number of hydrogen-bond acceptors (Lipinski definition) is 6. The molecule has 3 aromatic rings. The van der Waals surface area contributed by atoms with Gasteiger partial charge in [-0.2, -0.15) is 0 Å². The van der Waals surface area contributed by atoms with Crippen molar-refractivity contribution in [3.63, 3.8) is 0 Å². The number of thioether (sulfide) groups is 1. The summed E-state index contributed by atoms with van der Waals surface area (Å²) in [5.74, 6) is -0.267. The first-order valence-corrected chi connectivity index (χ1v) is 9.63. The van der Waals surface area contributed by atoms with Gasteiger partial charge in [0.1, 0.15) is 0 Å². The lowest BCUT2D eigenvalue weighted by atomic mass is 10.2. The molecule has 2 aromatic heterocycles. The Bertz CT molecular complexity index is 1010. The zero-order chi connectivity index (χ0) is 20.1. The standard InChI is InChI=1S/C18H17ClN6O2S/c1-11-13(19)3-2-4-14(11)25-17(12-5-7-21-8-6-12)23-24-18(25)28-10-16(27)22-9-15(20)26/h2-8H,9-10H2,1H3,(H2,20,26)(H,22,27). The largest absolute Gasteiger partial charge is 0.368 e. The van der Waals surface area contributed by atoms with Crippen molar-refractivity contribution in [2.24, 2.45) is 5.73 Å². The van der Waals surface area contributed by atoms with Crippen molar-refractivity contribution in [2.75, 3.05) is 12.3 Å². The molecule has 28 heavy (non-hydrogen) atoms. The summed E-state index contributed by atoms with van der Waals surface area (Å²) in [6.07, 6.45) is 3.34. The molecular formula is C18H17ClN6O2S. The van der Waals surface area contributed by atoms with E-state index in [2.05, 4.69) is 20.5 Å². The first kappa shape index (κ1) is 19.8. The number of hydrogen-bond donors (Lipinski definition) is 2. The first-order chi connectivity index (χ1) is 13.5. The number of primary amides is 1. The number of carbonyl (C=O) groups excluding carboxylic acids is 2. The highest BCUT2D eigenvalue weighted by molar-refractivity contribution is 7.99. The lowest BCUT2D eigenvalue weighted by Gasteiger charge is -2.13. The van der Waals surface area contributed by atoms with Crippen molar-refractivity contribution >= 4 is 35.2 Å². The van der Waals surface area contributed by atoms with E-state index in [0.29, 0.717) is 16.0 Å². The van der Waals surface area contributed by atoms with Crippen LogP contribution in [0.15, 0.2) is 47.9 Å². The zero-order valence-corrected chi connectivity index (χ0v) is 16.5. The van der Waals surface area contributed by atoms with Crippen molar-refractivity contribution in [1.29, 1.82) is 0 Å². The fraction of sp³-hybridized carbons (Fsp3) is 0.167. The minimum Gasteiger partial charge on any atom is -0.368 e. The third-order valence-corrected chi connectivity index (χ3v) is 5.18. The highest BCUT2D eigenvalue weighted by Crippen LogP contribution is 2.31. The summed E-state index contributed by atoms with van der Waals surface area (Å²) in [7, 11) is 0. The van der Waals surface area contributed by atoms with Crippen molar-refractivity contribution in [3.8, 4) is 17.1 Å². The van der Waals surface area contributed by atoms with Gasteiger partial charge in [-0.3, -0.25) is 19.1 Å². The van der Waals surface area contributed by atoms with Crippen LogP contribution in [-0.4, -0.2) is 43.9 Å². The van der Waals surface area contributed by atoms with E-state index < -0.39 is 5.91 Å². The number of nitrogens with one attached hydrogen (secondary N) is 1. The molecule has 3 rings (SSSR count). The van der Waals surface area contributed by atoms with E-state index in [1.54, 1.807) is 18.5 Å². The molecule has 0 aliphatic carbocycles. The number of amides is 2. The molecule has 0 unspecified atom stereocenters. The number of benzene rings is 1. The zero-order valence-electron chi connectivity index (χ0n) is 14.9. The van der Waals surface area contributed by atoms with Gasteiger partial charge in [0, 0.05) is 23.0 Å². The molecule has 0 atom stereocenters. The Labute approximate surface area is 170 Å². The molecule has 1 aromatic carbocycles. The van der Waals surface area contributed by atoms with Gasteiger partial charge in [-0.1, -0.05) is 29.4 Å². The van der Waals surface area contributed by atoms with E-state index in [0.717, 1.165) is 16.8 Å². The molecule has 0 aliphatic heterocycles. The van der Waals surface area contributed by atoms with E-state index in [1.807, 2.05) is 35.8 Å². The van der Waals surface area contributed by atoms with Crippen LogP contribution in [-0.2, 0) is 9.59 Å². The van der Waals surface area contributed by atoms with Crippen LogP contribution in [0.4, 0.5) is 0 Å². The van der Waals surface area contributed by atoms with Gasteiger partial charge in [0.05, 0.1) is 18.0 Å². The summed E-state index contributed by atoms with van der Waals surface area (Å²) in [4.78, 5) is 26.8. The normalized spacial score (nSPS) is 10.6. The van der Waals surface area contributed by atoms with Crippen molar-refractivity contribution in [3.05, 3.63) is 53.3 Å². The van der Waals surface area contributed by atoms with Crippen molar-refractivity contribution in [1.82, 2.24) is 25.1 Å². The molecule has 0 saturated carbocycles. The van der Waals surface area contributed by atoms with Crippen LogP contribution >= 0.6 is 23.4 Å². The van der Waals surface area contributed by atoms with Crippen LogP contribution in [0.3, 0.4) is 0 Å². The second-order valence-electron chi connectivity index (χ2n) is 5.79. The van der Waals surface area contributed by atoms with Gasteiger partial charge in [-0.05, 0) is 36.8 Å². The number of pyridine rings is 1. The lowest BCUT2D eigenvalue weighted by molar-refractivity contribution is -0.123. The summed E-state index contributed by atoms with van der Waals surface area (Å²) < 4.78 is 1.85. The summed E-state index contributed by atoms with van der Waals surface area (Å²) in [5, 5.41) is 12.1. The third-order valence-electron chi connectivity index (χ3n) is 3.84. The van der Waals surface area contributed by atoms with Gasteiger partial charge in [-0.15, -0.1) is 10.2 Å². The average molecular weight is 417 g/mol. The van der Waals surface area contributed by atoms with Crippen LogP contribution in [0.5, 0.6) is 0 Å². The van der Waals surface area contributed by atoms with Gasteiger partial charge in [-0.25, -0.2) is 0 Å². The Balaban J connectivity index is 1.97. The molecule has 3 N–H and O–H groups in total. The smallest absolute Gasteiger partial charge is 0.236 e. The minimum atomic E-state index is -0.601. The van der Waals surface area contributed by atoms with E-state index >= 15 is 0 Å². The topological polar surface area (TPSA) is 116 Å². The van der Waals surface area contributed by atoms with Gasteiger partial charge in [0.2, 0.25) is 11.8 Å². The minimum absolute atomic E-state index is 0.0569. The predicted octanol–water partition coefficient (Wildman–Crippen LogP) is 1.98. The van der Waals surface area contributed by atoms with Crippen LogP contribution in [0, 0.1) is 6.92 Å². The number of nitrogens with zero attached hydrogens (tertiary/aromatic N) is 4. The van der Waals surface area contributed by atoms with Gasteiger partial charge in [0.15, 0.2) is 11.0 Å². The van der Waals surface area contributed by atoms with Gasteiger partial charge < -0.3 is 11.1 Å². The SMILES string of the molecule is Cc1c(Cl)cccc1-n1c(SCC(=O)NCC(N)=O)nnc1-c1ccncc1. The van der Waals surface area contributed by atoms with E-state index in [9.17, 15) is 9.59 Å². The molecular weight excluding hydrogens is 400 g/mol. The molecule has 0 spiro atoms. The molecule has 144 valence electrons. The maximum absolute atomic E-state index is 11.9. The van der Waals surface area contributed by atoms with Crippen LogP contribution in [0.2, 0.25) is 5.02 Å². The number of halogens is 1. The Hall–Kier alpha value is -2.91. The molecule has 0 aliphatic rings. The monoisotopic (exact) mass is 416 g/mol. The highest BCUT2D eigenvalue weighted by Gasteiger charge is 2.19. The van der Waals surface area contributed by atoms with E-state index in [-0.39, 0.29) is 18.2 Å². The number of nitrogens with two attached hydrogens (primary N) is 1. The van der Waals surface area contributed by atoms with E-state index in [4.69, 9.17) is 17.3 Å². The lowest BCUT2D eigenvalue weighted by Crippen LogP contribution is -2.34. The summed E-state index contributed by atoms with van der Waals surface area (Å²) in [5.41, 5.74) is 7.54. The maximum atomic E-state index is 11.9. The molecule has 2 heterocycles. The molecule has 10 heteroatoms. The van der Waals surface area contributed by atoms with Crippen LogP contribution < -0.4 is 11.1 Å². The quantitative estimate of drug-likeness (QED) is 0.569. The second kappa shape index (κ2) is 8.85. The Morgan fingerprint density at radius 1 is 1.21 bits per heavy atom. The molecule has 0 bridgehead atoms. The molecule has 0 saturated heterocycles. The second-order valence-corrected chi connectivity index (χ2v) is 7.14. The fourth-order valence-electron chi connectivity index (χ4n) is 2.47.